The van der Waals surface area contributed by atoms with Crippen molar-refractivity contribution in [2.24, 2.45) is 0 Å². The van der Waals surface area contributed by atoms with E-state index in [1.165, 1.54) is 46.6 Å². The number of benzene rings is 1. The Balaban J connectivity index is 2.41. The Labute approximate surface area is 144 Å². The van der Waals surface area contributed by atoms with Crippen molar-refractivity contribution >= 4 is 5.97 Å². The second kappa shape index (κ2) is 8.04. The van der Waals surface area contributed by atoms with Crippen molar-refractivity contribution in [1.29, 1.82) is 0 Å². The number of rotatable bonds is 8. The SMILES string of the molecule is COc1cc(OC)cc(C(Oc2nc(OC)cc(OC)n2)C(=O)O)c1. The molecule has 1 aromatic heterocycles. The van der Waals surface area contributed by atoms with E-state index >= 15 is 0 Å². The van der Waals surface area contributed by atoms with E-state index in [0.717, 1.165) is 0 Å². The minimum absolute atomic E-state index is 0.175. The van der Waals surface area contributed by atoms with Crippen LogP contribution in [0.2, 0.25) is 0 Å². The lowest BCUT2D eigenvalue weighted by atomic mass is 10.1. The number of aliphatic carboxylic acids is 1. The van der Waals surface area contributed by atoms with E-state index in [1.807, 2.05) is 0 Å². The Bertz CT molecular complexity index is 707. The van der Waals surface area contributed by atoms with Crippen molar-refractivity contribution in [3.8, 4) is 29.3 Å². The van der Waals surface area contributed by atoms with Gasteiger partial charge in [0.2, 0.25) is 17.9 Å². The third-order valence-corrected chi connectivity index (χ3v) is 3.20. The third-order valence-electron chi connectivity index (χ3n) is 3.20. The molecule has 9 heteroatoms. The molecule has 0 amide bonds. The lowest BCUT2D eigenvalue weighted by Gasteiger charge is -2.16. The molecule has 25 heavy (non-hydrogen) atoms. The molecule has 0 radical (unpaired) electrons. The molecule has 1 N–H and O–H groups in total. The molecule has 1 heterocycles. The van der Waals surface area contributed by atoms with Gasteiger partial charge in [0.05, 0.1) is 34.5 Å². The highest BCUT2D eigenvalue weighted by Crippen LogP contribution is 2.30. The first kappa shape index (κ1) is 18.1. The van der Waals surface area contributed by atoms with Gasteiger partial charge in [-0.15, -0.1) is 0 Å². The van der Waals surface area contributed by atoms with Crippen LogP contribution < -0.4 is 23.7 Å². The molecule has 0 fully saturated rings. The van der Waals surface area contributed by atoms with Gasteiger partial charge in [-0.1, -0.05) is 0 Å². The third kappa shape index (κ3) is 4.40. The Hall–Kier alpha value is -3.23. The minimum atomic E-state index is -1.39. The smallest absolute Gasteiger partial charge is 0.349 e. The van der Waals surface area contributed by atoms with Crippen LogP contribution in [0.4, 0.5) is 0 Å². The monoisotopic (exact) mass is 350 g/mol. The summed E-state index contributed by atoms with van der Waals surface area (Å²) in [6.45, 7) is 0. The number of methoxy groups -OCH3 is 4. The average Bonchev–Trinajstić information content (AvgIpc) is 2.64. The number of hydrogen-bond acceptors (Lipinski definition) is 8. The first-order valence-electron chi connectivity index (χ1n) is 7.10. The predicted octanol–water partition coefficient (Wildman–Crippen LogP) is 1.72. The van der Waals surface area contributed by atoms with Crippen molar-refractivity contribution in [3.05, 3.63) is 29.8 Å². The Morgan fingerprint density at radius 2 is 1.40 bits per heavy atom. The second-order valence-electron chi connectivity index (χ2n) is 4.72. The molecule has 2 aromatic rings. The molecule has 0 aliphatic carbocycles. The Kier molecular flexibility index (Phi) is 5.83. The standard InChI is InChI=1S/C16H18N2O7/c1-21-10-5-9(6-11(7-10)22-2)14(15(19)20)25-16-17-12(23-3)8-13(18-16)24-4/h5-8,14H,1-4H3,(H,19,20). The maximum atomic E-state index is 11.7. The predicted molar refractivity (Wildman–Crippen MR) is 85.7 cm³/mol. The largest absolute Gasteiger partial charge is 0.497 e. The highest BCUT2D eigenvalue weighted by Gasteiger charge is 2.25. The summed E-state index contributed by atoms with van der Waals surface area (Å²) < 4.78 is 25.8. The fourth-order valence-electron chi connectivity index (χ4n) is 1.99. The molecule has 1 unspecified atom stereocenters. The van der Waals surface area contributed by atoms with E-state index in [9.17, 15) is 9.90 Å². The summed E-state index contributed by atoms with van der Waals surface area (Å²) in [6, 6.07) is 5.91. The molecule has 0 spiro atoms. The molecule has 2 rings (SSSR count). The maximum absolute atomic E-state index is 11.7. The fraction of sp³-hybridized carbons (Fsp3) is 0.312. The van der Waals surface area contributed by atoms with Crippen LogP contribution in [0.5, 0.6) is 29.3 Å². The maximum Gasteiger partial charge on any atom is 0.349 e. The lowest BCUT2D eigenvalue weighted by molar-refractivity contribution is -0.145. The molecule has 1 atom stereocenters. The summed E-state index contributed by atoms with van der Waals surface area (Å²) in [5.41, 5.74) is 0.300. The quantitative estimate of drug-likeness (QED) is 0.761. The summed E-state index contributed by atoms with van der Waals surface area (Å²) in [7, 11) is 5.75. The van der Waals surface area contributed by atoms with Gasteiger partial charge in [0, 0.05) is 11.6 Å². The van der Waals surface area contributed by atoms with Crippen molar-refractivity contribution in [3.63, 3.8) is 0 Å². The van der Waals surface area contributed by atoms with Gasteiger partial charge in [0.1, 0.15) is 11.5 Å². The number of nitrogens with zero attached hydrogens (tertiary/aromatic N) is 2. The van der Waals surface area contributed by atoms with Gasteiger partial charge in [-0.3, -0.25) is 0 Å². The number of aromatic nitrogens is 2. The molecular formula is C16H18N2O7. The molecule has 134 valence electrons. The topological polar surface area (TPSA) is 109 Å². The number of carboxylic acids is 1. The van der Waals surface area contributed by atoms with Gasteiger partial charge in [0.25, 0.3) is 0 Å². The minimum Gasteiger partial charge on any atom is -0.497 e. The first-order chi connectivity index (χ1) is 12.0. The zero-order chi connectivity index (χ0) is 18.4. The van der Waals surface area contributed by atoms with Gasteiger partial charge in [-0.25, -0.2) is 4.79 Å². The van der Waals surface area contributed by atoms with E-state index < -0.39 is 12.1 Å². The summed E-state index contributed by atoms with van der Waals surface area (Å²) in [5, 5.41) is 9.54. The van der Waals surface area contributed by atoms with Gasteiger partial charge >= 0.3 is 12.0 Å². The molecule has 1 aromatic carbocycles. The summed E-state index contributed by atoms with van der Waals surface area (Å²) in [5.74, 6) is -0.0363. The van der Waals surface area contributed by atoms with Crippen LogP contribution in [0.25, 0.3) is 0 Å². The van der Waals surface area contributed by atoms with Crippen molar-refractivity contribution < 1.29 is 33.6 Å². The molecule has 0 aliphatic rings. The molecule has 0 saturated heterocycles. The van der Waals surface area contributed by atoms with Crippen LogP contribution in [-0.4, -0.2) is 49.5 Å². The lowest BCUT2D eigenvalue weighted by Crippen LogP contribution is -2.19. The van der Waals surface area contributed by atoms with Crippen LogP contribution in [0.15, 0.2) is 24.3 Å². The Morgan fingerprint density at radius 1 is 0.880 bits per heavy atom. The number of hydrogen-bond donors (Lipinski definition) is 1. The van der Waals surface area contributed by atoms with E-state index in [-0.39, 0.29) is 17.8 Å². The van der Waals surface area contributed by atoms with Crippen LogP contribution in [-0.2, 0) is 4.79 Å². The van der Waals surface area contributed by atoms with E-state index in [0.29, 0.717) is 17.1 Å². The van der Waals surface area contributed by atoms with Crippen LogP contribution >= 0.6 is 0 Å². The van der Waals surface area contributed by atoms with Crippen LogP contribution in [0.1, 0.15) is 11.7 Å². The molecule has 0 saturated carbocycles. The van der Waals surface area contributed by atoms with E-state index in [2.05, 4.69) is 9.97 Å². The van der Waals surface area contributed by atoms with Gasteiger partial charge < -0.3 is 28.8 Å². The number of carboxylic acid groups (broad SMARTS) is 1. The average molecular weight is 350 g/mol. The van der Waals surface area contributed by atoms with Crippen molar-refractivity contribution in [2.75, 3.05) is 28.4 Å². The van der Waals surface area contributed by atoms with E-state index in [4.69, 9.17) is 23.7 Å². The normalized spacial score (nSPS) is 11.4. The molecule has 0 aliphatic heterocycles. The number of ether oxygens (including phenoxy) is 5. The van der Waals surface area contributed by atoms with Gasteiger partial charge in [0.15, 0.2) is 0 Å². The molecule has 0 bridgehead atoms. The van der Waals surface area contributed by atoms with Crippen LogP contribution in [0, 0.1) is 0 Å². The highest BCUT2D eigenvalue weighted by atomic mass is 16.5. The summed E-state index contributed by atoms with van der Waals surface area (Å²) >= 11 is 0. The number of carbonyl (C=O) groups is 1. The summed E-state index contributed by atoms with van der Waals surface area (Å²) in [4.78, 5) is 19.6. The summed E-state index contributed by atoms with van der Waals surface area (Å²) in [6.07, 6.45) is -1.39. The first-order valence-corrected chi connectivity index (χ1v) is 7.10. The van der Waals surface area contributed by atoms with E-state index in [1.54, 1.807) is 6.07 Å². The molecule has 9 nitrogen and oxygen atoms in total. The highest BCUT2D eigenvalue weighted by molar-refractivity contribution is 5.75. The second-order valence-corrected chi connectivity index (χ2v) is 4.72. The van der Waals surface area contributed by atoms with Crippen molar-refractivity contribution in [1.82, 2.24) is 9.97 Å². The zero-order valence-electron chi connectivity index (χ0n) is 14.2. The fourth-order valence-corrected chi connectivity index (χ4v) is 1.99. The van der Waals surface area contributed by atoms with Crippen molar-refractivity contribution in [2.45, 2.75) is 6.10 Å². The van der Waals surface area contributed by atoms with Crippen LogP contribution in [0.3, 0.4) is 0 Å². The van der Waals surface area contributed by atoms with Gasteiger partial charge in [-0.05, 0) is 12.1 Å². The molecular weight excluding hydrogens is 332 g/mol. The zero-order valence-corrected chi connectivity index (χ0v) is 14.2. The Morgan fingerprint density at radius 3 is 1.80 bits per heavy atom. The van der Waals surface area contributed by atoms with Gasteiger partial charge in [-0.2, -0.15) is 9.97 Å².